The summed E-state index contributed by atoms with van der Waals surface area (Å²) < 4.78 is 0. The van der Waals surface area contributed by atoms with E-state index in [1.54, 1.807) is 12.3 Å². The average molecular weight is 205 g/mol. The smallest absolute Gasteiger partial charge is 0.0342 e. The molecule has 1 heterocycles. The zero-order chi connectivity index (χ0) is 12.1. The topological polar surface area (TPSA) is 12.9 Å². The number of allylic oxidation sites excluding steroid dienone is 2. The van der Waals surface area contributed by atoms with Crippen LogP contribution in [0.3, 0.4) is 0 Å². The molecule has 0 fully saturated rings. The number of rotatable bonds is 2. The predicted molar refractivity (Wildman–Crippen MR) is 70.9 cm³/mol. The van der Waals surface area contributed by atoms with Crippen molar-refractivity contribution in [3.8, 4) is 0 Å². The van der Waals surface area contributed by atoms with Crippen LogP contribution in [-0.4, -0.2) is 4.98 Å². The van der Waals surface area contributed by atoms with Crippen LogP contribution in [0, 0.1) is 6.92 Å². The predicted octanol–water partition coefficient (Wildman–Crippen LogP) is 4.64. The summed E-state index contributed by atoms with van der Waals surface area (Å²) in [5.41, 5.74) is 2.38. The van der Waals surface area contributed by atoms with Gasteiger partial charge in [-0.3, -0.25) is 4.98 Å². The molecule has 0 aliphatic rings. The van der Waals surface area contributed by atoms with Gasteiger partial charge in [0.1, 0.15) is 0 Å². The van der Waals surface area contributed by atoms with Crippen LogP contribution in [0.2, 0.25) is 0 Å². The van der Waals surface area contributed by atoms with Crippen LogP contribution in [0.15, 0.2) is 37.2 Å². The Kier molecular flexibility index (Phi) is 13.5. The van der Waals surface area contributed by atoms with Crippen LogP contribution in [-0.2, 0) is 0 Å². The highest BCUT2D eigenvalue weighted by Gasteiger charge is 1.89. The van der Waals surface area contributed by atoms with E-state index in [0.29, 0.717) is 0 Å². The van der Waals surface area contributed by atoms with Gasteiger partial charge in [-0.25, -0.2) is 0 Å². The molecule has 0 N–H and O–H groups in total. The van der Waals surface area contributed by atoms with Crippen molar-refractivity contribution in [2.75, 3.05) is 0 Å². The molecule has 1 nitrogen and oxygen atoms in total. The molecule has 1 rings (SSSR count). The molecule has 0 saturated carbocycles. The molecule has 0 radical (unpaired) electrons. The highest BCUT2D eigenvalue weighted by atomic mass is 14.6. The molecule has 0 amide bonds. The van der Waals surface area contributed by atoms with Gasteiger partial charge < -0.3 is 0 Å². The summed E-state index contributed by atoms with van der Waals surface area (Å²) in [4.78, 5) is 4.01. The van der Waals surface area contributed by atoms with Crippen molar-refractivity contribution in [3.05, 3.63) is 48.3 Å². The van der Waals surface area contributed by atoms with Crippen molar-refractivity contribution in [2.24, 2.45) is 0 Å². The molecule has 84 valence electrons. The first kappa shape index (κ1) is 16.1. The molecular weight excluding hydrogens is 182 g/mol. The molecule has 1 heteroatoms. The van der Waals surface area contributed by atoms with Gasteiger partial charge in [0.15, 0.2) is 0 Å². The molecule has 1 aromatic rings. The van der Waals surface area contributed by atoms with Gasteiger partial charge in [-0.2, -0.15) is 0 Å². The molecule has 0 unspecified atom stereocenters. The number of hydrogen-bond donors (Lipinski definition) is 0. The zero-order valence-corrected chi connectivity index (χ0v) is 10.6. The Morgan fingerprint density at radius 1 is 1.20 bits per heavy atom. The van der Waals surface area contributed by atoms with Crippen molar-refractivity contribution in [1.29, 1.82) is 0 Å². The lowest BCUT2D eigenvalue weighted by atomic mass is 10.1. The van der Waals surface area contributed by atoms with Gasteiger partial charge in [-0.05, 0) is 24.1 Å². The molecule has 0 aromatic carbocycles. The Morgan fingerprint density at radius 2 is 1.80 bits per heavy atom. The minimum atomic E-state index is 1.15. The first-order valence-corrected chi connectivity index (χ1v) is 5.54. The Labute approximate surface area is 94.6 Å². The number of hydrogen-bond acceptors (Lipinski definition) is 1. The summed E-state index contributed by atoms with van der Waals surface area (Å²) in [6.45, 7) is 13.7. The first-order chi connectivity index (χ1) is 7.34. The van der Waals surface area contributed by atoms with E-state index in [0.717, 1.165) is 5.56 Å². The second-order valence-corrected chi connectivity index (χ2v) is 2.33. The Bertz CT molecular complexity index is 274. The van der Waals surface area contributed by atoms with Gasteiger partial charge in [0.25, 0.3) is 0 Å². The highest BCUT2D eigenvalue weighted by Crippen LogP contribution is 2.06. The summed E-state index contributed by atoms with van der Waals surface area (Å²) in [5.74, 6) is 0. The van der Waals surface area contributed by atoms with Gasteiger partial charge in [-0.15, -0.1) is 0 Å². The quantitative estimate of drug-likeness (QED) is 0.641. The monoisotopic (exact) mass is 205 g/mol. The van der Waals surface area contributed by atoms with Crippen molar-refractivity contribution < 1.29 is 0 Å². The van der Waals surface area contributed by atoms with E-state index in [2.05, 4.69) is 18.5 Å². The molecule has 0 saturated heterocycles. The van der Waals surface area contributed by atoms with Crippen molar-refractivity contribution in [2.45, 2.75) is 34.6 Å². The van der Waals surface area contributed by atoms with Crippen LogP contribution in [0.25, 0.3) is 6.08 Å². The van der Waals surface area contributed by atoms with E-state index in [1.807, 2.05) is 52.1 Å². The molecule has 0 aliphatic heterocycles. The van der Waals surface area contributed by atoms with Crippen LogP contribution < -0.4 is 0 Å². The Balaban J connectivity index is 0. The fraction of sp³-hybridized carbons (Fsp3) is 0.357. The van der Waals surface area contributed by atoms with Crippen molar-refractivity contribution >= 4 is 6.08 Å². The van der Waals surface area contributed by atoms with Crippen LogP contribution in [0.4, 0.5) is 0 Å². The Hall–Kier alpha value is -1.37. The maximum absolute atomic E-state index is 4.01. The molecular formula is C14H23N. The number of aromatic nitrogens is 1. The number of pyridine rings is 1. The number of nitrogens with zero attached hydrogens (tertiary/aromatic N) is 1. The summed E-state index contributed by atoms with van der Waals surface area (Å²) in [6, 6.07) is 1.99. The standard InChI is InChI=1S/C10H11N.2C2H6/c1-3-4-5-10-8-11-7-6-9(10)2;2*1-2/h3-8H,1H2,2H3;2*1-2H3/b5-4-;;. The minimum Gasteiger partial charge on any atom is -0.264 e. The Morgan fingerprint density at radius 3 is 2.27 bits per heavy atom. The molecule has 0 aliphatic carbocycles. The van der Waals surface area contributed by atoms with Crippen LogP contribution >= 0.6 is 0 Å². The van der Waals surface area contributed by atoms with Crippen LogP contribution in [0.1, 0.15) is 38.8 Å². The maximum Gasteiger partial charge on any atom is 0.0342 e. The SMILES string of the molecule is C=C/C=C\c1cnccc1C.CC.CC. The molecule has 0 bridgehead atoms. The average Bonchev–Trinajstić information content (AvgIpc) is 2.33. The first-order valence-electron chi connectivity index (χ1n) is 5.54. The fourth-order valence-electron chi connectivity index (χ4n) is 0.822. The summed E-state index contributed by atoms with van der Waals surface area (Å²) in [6.07, 6.45) is 9.29. The van der Waals surface area contributed by atoms with E-state index in [1.165, 1.54) is 5.56 Å². The second-order valence-electron chi connectivity index (χ2n) is 2.33. The highest BCUT2D eigenvalue weighted by molar-refractivity contribution is 5.53. The normalized spacial score (nSPS) is 8.33. The van der Waals surface area contributed by atoms with E-state index in [9.17, 15) is 0 Å². The zero-order valence-electron chi connectivity index (χ0n) is 10.6. The third kappa shape index (κ3) is 7.68. The van der Waals surface area contributed by atoms with Gasteiger partial charge >= 0.3 is 0 Å². The van der Waals surface area contributed by atoms with Gasteiger partial charge in [-0.1, -0.05) is 52.5 Å². The van der Waals surface area contributed by atoms with Gasteiger partial charge in [0, 0.05) is 12.4 Å². The van der Waals surface area contributed by atoms with Crippen molar-refractivity contribution in [3.63, 3.8) is 0 Å². The van der Waals surface area contributed by atoms with Gasteiger partial charge in [0.2, 0.25) is 0 Å². The molecule has 0 spiro atoms. The lowest BCUT2D eigenvalue weighted by Crippen LogP contribution is -1.80. The summed E-state index contributed by atoms with van der Waals surface area (Å²) in [7, 11) is 0. The third-order valence-corrected chi connectivity index (χ3v) is 1.49. The van der Waals surface area contributed by atoms with Crippen LogP contribution in [0.5, 0.6) is 0 Å². The molecule has 0 atom stereocenters. The van der Waals surface area contributed by atoms with E-state index >= 15 is 0 Å². The third-order valence-electron chi connectivity index (χ3n) is 1.49. The molecule has 1 aromatic heterocycles. The largest absolute Gasteiger partial charge is 0.264 e. The minimum absolute atomic E-state index is 1.15. The lowest BCUT2D eigenvalue weighted by Gasteiger charge is -1.95. The molecule has 15 heavy (non-hydrogen) atoms. The van der Waals surface area contributed by atoms with E-state index in [-0.39, 0.29) is 0 Å². The number of aryl methyl sites for hydroxylation is 1. The van der Waals surface area contributed by atoms with E-state index in [4.69, 9.17) is 0 Å². The summed E-state index contributed by atoms with van der Waals surface area (Å²) >= 11 is 0. The van der Waals surface area contributed by atoms with Crippen molar-refractivity contribution in [1.82, 2.24) is 4.98 Å². The second kappa shape index (κ2) is 12.6. The van der Waals surface area contributed by atoms with Gasteiger partial charge in [0.05, 0.1) is 0 Å². The summed E-state index contributed by atoms with van der Waals surface area (Å²) in [5, 5.41) is 0. The maximum atomic E-state index is 4.01. The lowest BCUT2D eigenvalue weighted by molar-refractivity contribution is 1.27. The van der Waals surface area contributed by atoms with E-state index < -0.39 is 0 Å². The fourth-order valence-corrected chi connectivity index (χ4v) is 0.822.